The average molecular weight is 432 g/mol. The molecular formula is C25H25FN4O2. The van der Waals surface area contributed by atoms with Crippen LogP contribution in [-0.4, -0.2) is 27.6 Å². The smallest absolute Gasteiger partial charge is 0.314 e. The minimum atomic E-state index is -0.758. The number of hydrogen-bond donors (Lipinski definition) is 3. The fourth-order valence-corrected chi connectivity index (χ4v) is 4.09. The molecule has 0 unspecified atom stereocenters. The van der Waals surface area contributed by atoms with Gasteiger partial charge in [0.2, 0.25) is 5.95 Å². The number of aromatic nitrogens is 2. The number of carboxylic acids is 1. The summed E-state index contributed by atoms with van der Waals surface area (Å²) in [6.07, 6.45) is 4.76. The van der Waals surface area contributed by atoms with Gasteiger partial charge in [0.25, 0.3) is 0 Å². The van der Waals surface area contributed by atoms with Crippen LogP contribution >= 0.6 is 0 Å². The SMILES string of the molecule is O=C(O)C1(c2ccc(Nc3nc(NCC4CC4)cc(-c4ccc(F)cc4)n3)cc2)CCC1. The van der Waals surface area contributed by atoms with Crippen molar-refractivity contribution >= 4 is 23.4 Å². The molecule has 0 atom stereocenters. The second-order valence-electron chi connectivity index (χ2n) is 8.74. The highest BCUT2D eigenvalue weighted by molar-refractivity contribution is 5.82. The summed E-state index contributed by atoms with van der Waals surface area (Å²) in [7, 11) is 0. The number of carbonyl (C=O) groups is 1. The molecule has 2 saturated carbocycles. The maximum Gasteiger partial charge on any atom is 0.314 e. The fourth-order valence-electron chi connectivity index (χ4n) is 4.09. The molecule has 7 heteroatoms. The van der Waals surface area contributed by atoms with E-state index in [1.54, 1.807) is 12.1 Å². The second kappa shape index (κ2) is 8.22. The molecule has 0 radical (unpaired) electrons. The summed E-state index contributed by atoms with van der Waals surface area (Å²) in [6.45, 7) is 0.866. The van der Waals surface area contributed by atoms with Crippen LogP contribution in [0.3, 0.4) is 0 Å². The number of halogens is 1. The molecule has 3 aromatic rings. The lowest BCUT2D eigenvalue weighted by molar-refractivity contribution is -0.147. The Kier molecular flexibility index (Phi) is 5.25. The summed E-state index contributed by atoms with van der Waals surface area (Å²) in [6, 6.07) is 15.6. The molecule has 2 aliphatic rings. The van der Waals surface area contributed by atoms with Gasteiger partial charge in [0, 0.05) is 23.9 Å². The van der Waals surface area contributed by atoms with Crippen LogP contribution in [0, 0.1) is 11.7 Å². The minimum absolute atomic E-state index is 0.293. The third kappa shape index (κ3) is 4.15. The summed E-state index contributed by atoms with van der Waals surface area (Å²) < 4.78 is 13.4. The van der Waals surface area contributed by atoms with Crippen molar-refractivity contribution in [3.8, 4) is 11.3 Å². The number of benzene rings is 2. The molecule has 32 heavy (non-hydrogen) atoms. The predicted octanol–water partition coefficient (Wildman–Crippen LogP) is 5.35. The number of rotatable bonds is 8. The molecule has 2 aliphatic carbocycles. The average Bonchev–Trinajstić information content (AvgIpc) is 3.57. The molecule has 1 aromatic heterocycles. The molecule has 0 saturated heterocycles. The summed E-state index contributed by atoms with van der Waals surface area (Å²) in [5.74, 6) is 0.778. The molecule has 6 nitrogen and oxygen atoms in total. The number of anilines is 3. The van der Waals surface area contributed by atoms with Crippen molar-refractivity contribution in [2.24, 2.45) is 5.92 Å². The Hall–Kier alpha value is -3.48. The first-order valence-electron chi connectivity index (χ1n) is 11.0. The van der Waals surface area contributed by atoms with Gasteiger partial charge in [-0.15, -0.1) is 0 Å². The number of nitrogens with one attached hydrogen (secondary N) is 2. The third-order valence-corrected chi connectivity index (χ3v) is 6.45. The van der Waals surface area contributed by atoms with Crippen molar-refractivity contribution in [1.29, 1.82) is 0 Å². The Morgan fingerprint density at radius 2 is 1.78 bits per heavy atom. The van der Waals surface area contributed by atoms with E-state index in [4.69, 9.17) is 0 Å². The predicted molar refractivity (Wildman–Crippen MR) is 122 cm³/mol. The van der Waals surface area contributed by atoms with Gasteiger partial charge < -0.3 is 15.7 Å². The monoisotopic (exact) mass is 432 g/mol. The lowest BCUT2D eigenvalue weighted by Gasteiger charge is -2.38. The Morgan fingerprint density at radius 1 is 1.06 bits per heavy atom. The maximum atomic E-state index is 13.4. The van der Waals surface area contributed by atoms with E-state index < -0.39 is 11.4 Å². The summed E-state index contributed by atoms with van der Waals surface area (Å²) in [5, 5.41) is 16.3. The molecule has 2 aromatic carbocycles. The van der Waals surface area contributed by atoms with Crippen LogP contribution in [0.15, 0.2) is 54.6 Å². The molecule has 0 amide bonds. The summed E-state index contributed by atoms with van der Waals surface area (Å²) in [5.41, 5.74) is 2.34. The van der Waals surface area contributed by atoms with Gasteiger partial charge in [0.05, 0.1) is 11.1 Å². The van der Waals surface area contributed by atoms with Crippen molar-refractivity contribution < 1.29 is 14.3 Å². The van der Waals surface area contributed by atoms with Crippen molar-refractivity contribution in [3.05, 3.63) is 66.0 Å². The molecule has 0 spiro atoms. The highest BCUT2D eigenvalue weighted by Crippen LogP contribution is 2.44. The maximum absolute atomic E-state index is 13.4. The van der Waals surface area contributed by atoms with Gasteiger partial charge in [-0.2, -0.15) is 4.98 Å². The van der Waals surface area contributed by atoms with Crippen LogP contribution in [-0.2, 0) is 10.2 Å². The fraction of sp³-hybridized carbons (Fsp3) is 0.320. The van der Waals surface area contributed by atoms with Crippen LogP contribution in [0.5, 0.6) is 0 Å². The second-order valence-corrected chi connectivity index (χ2v) is 8.74. The molecule has 0 aliphatic heterocycles. The van der Waals surface area contributed by atoms with Crippen molar-refractivity contribution in [2.75, 3.05) is 17.2 Å². The zero-order chi connectivity index (χ0) is 22.1. The van der Waals surface area contributed by atoms with Gasteiger partial charge >= 0.3 is 5.97 Å². The van der Waals surface area contributed by atoms with Gasteiger partial charge in [-0.1, -0.05) is 18.6 Å². The van der Waals surface area contributed by atoms with Gasteiger partial charge in [-0.05, 0) is 73.6 Å². The van der Waals surface area contributed by atoms with Crippen LogP contribution < -0.4 is 10.6 Å². The molecule has 1 heterocycles. The third-order valence-electron chi connectivity index (χ3n) is 6.45. The Bertz CT molecular complexity index is 1120. The Balaban J connectivity index is 1.40. The molecular weight excluding hydrogens is 407 g/mol. The molecule has 2 fully saturated rings. The first kappa shape index (κ1) is 20.4. The van der Waals surface area contributed by atoms with Gasteiger partial charge in [-0.3, -0.25) is 4.79 Å². The lowest BCUT2D eigenvalue weighted by Crippen LogP contribution is -2.42. The first-order chi connectivity index (χ1) is 15.5. The topological polar surface area (TPSA) is 87.1 Å². The van der Waals surface area contributed by atoms with Crippen LogP contribution in [0.4, 0.5) is 21.8 Å². The number of nitrogens with zero attached hydrogens (tertiary/aromatic N) is 2. The van der Waals surface area contributed by atoms with E-state index in [0.717, 1.165) is 29.8 Å². The normalized spacial score (nSPS) is 16.8. The summed E-state index contributed by atoms with van der Waals surface area (Å²) >= 11 is 0. The zero-order valence-corrected chi connectivity index (χ0v) is 17.6. The summed E-state index contributed by atoms with van der Waals surface area (Å²) in [4.78, 5) is 21.0. The van der Waals surface area contributed by atoms with E-state index in [1.165, 1.54) is 25.0 Å². The largest absolute Gasteiger partial charge is 0.481 e. The Labute approximate surface area is 185 Å². The minimum Gasteiger partial charge on any atom is -0.481 e. The highest BCUT2D eigenvalue weighted by atomic mass is 19.1. The van der Waals surface area contributed by atoms with Crippen molar-refractivity contribution in [3.63, 3.8) is 0 Å². The van der Waals surface area contributed by atoms with Crippen molar-refractivity contribution in [1.82, 2.24) is 9.97 Å². The molecule has 5 rings (SSSR count). The van der Waals surface area contributed by atoms with Crippen LogP contribution in [0.2, 0.25) is 0 Å². The van der Waals surface area contributed by atoms with Crippen LogP contribution in [0.1, 0.15) is 37.7 Å². The number of hydrogen-bond acceptors (Lipinski definition) is 5. The number of carboxylic acid groups (broad SMARTS) is 1. The van der Waals surface area contributed by atoms with E-state index in [9.17, 15) is 14.3 Å². The Morgan fingerprint density at radius 3 is 2.38 bits per heavy atom. The molecule has 0 bridgehead atoms. The van der Waals surface area contributed by atoms with Gasteiger partial charge in [-0.25, -0.2) is 9.37 Å². The standard InChI is InChI=1S/C25H25FN4O2/c26-19-8-4-17(5-9-19)21-14-22(27-15-16-2-3-16)30-24(29-21)28-20-10-6-18(7-11-20)25(23(31)32)12-1-13-25/h4-11,14,16H,1-3,12-13,15H2,(H,31,32)(H2,27,28,29,30). The molecule has 164 valence electrons. The van der Waals surface area contributed by atoms with E-state index >= 15 is 0 Å². The van der Waals surface area contributed by atoms with E-state index in [1.807, 2.05) is 30.3 Å². The highest BCUT2D eigenvalue weighted by Gasteiger charge is 2.45. The van der Waals surface area contributed by atoms with Gasteiger partial charge in [0.15, 0.2) is 0 Å². The van der Waals surface area contributed by atoms with Gasteiger partial charge in [0.1, 0.15) is 11.6 Å². The van der Waals surface area contributed by atoms with E-state index in [2.05, 4.69) is 20.6 Å². The quantitative estimate of drug-likeness (QED) is 0.445. The van der Waals surface area contributed by atoms with E-state index in [0.29, 0.717) is 36.2 Å². The van der Waals surface area contributed by atoms with E-state index in [-0.39, 0.29) is 5.82 Å². The molecule has 3 N–H and O–H groups in total. The number of aliphatic carboxylic acids is 1. The lowest BCUT2D eigenvalue weighted by atomic mass is 9.64. The zero-order valence-electron chi connectivity index (χ0n) is 17.6. The van der Waals surface area contributed by atoms with Crippen LogP contribution in [0.25, 0.3) is 11.3 Å². The van der Waals surface area contributed by atoms with Crippen molar-refractivity contribution in [2.45, 2.75) is 37.5 Å². The first-order valence-corrected chi connectivity index (χ1v) is 11.0.